The van der Waals surface area contributed by atoms with Crippen LogP contribution in [0.15, 0.2) is 6.20 Å². The van der Waals surface area contributed by atoms with E-state index in [-0.39, 0.29) is 6.20 Å². The number of halogens is 6. The number of hydrogen-bond acceptors (Lipinski definition) is 2. The van der Waals surface area contributed by atoms with Gasteiger partial charge in [-0.05, 0) is 0 Å². The van der Waals surface area contributed by atoms with E-state index in [1.54, 1.807) is 0 Å². The van der Waals surface area contributed by atoms with E-state index < -0.39 is 35.4 Å². The van der Waals surface area contributed by atoms with Crippen LogP contribution in [-0.4, -0.2) is 4.98 Å². The normalized spacial score (nSPS) is 12.2. The average molecular weight is 230 g/mol. The van der Waals surface area contributed by atoms with Crippen LogP contribution in [-0.2, 0) is 6.18 Å². The molecule has 0 radical (unpaired) electrons. The molecule has 0 atom stereocenters. The number of anilines is 1. The van der Waals surface area contributed by atoms with E-state index in [0.717, 1.165) is 0 Å². The molecular weight excluding hydrogens is 226 g/mol. The van der Waals surface area contributed by atoms with Crippen LogP contribution < -0.4 is 5.73 Å². The summed E-state index contributed by atoms with van der Waals surface area (Å²) >= 11 is 0. The zero-order valence-corrected chi connectivity index (χ0v) is 6.95. The van der Waals surface area contributed by atoms with Gasteiger partial charge >= 0.3 is 6.18 Å². The number of hydrogen-bond donors (Lipinski definition) is 1. The molecular formula is C7H4F6N2. The van der Waals surface area contributed by atoms with Gasteiger partial charge in [0.1, 0.15) is 11.4 Å². The Morgan fingerprint density at radius 1 is 1.27 bits per heavy atom. The molecule has 84 valence electrons. The Kier molecular flexibility index (Phi) is 2.78. The van der Waals surface area contributed by atoms with E-state index in [1.807, 2.05) is 0 Å². The highest BCUT2D eigenvalue weighted by molar-refractivity contribution is 5.47. The topological polar surface area (TPSA) is 38.9 Å². The zero-order valence-electron chi connectivity index (χ0n) is 6.95. The summed E-state index contributed by atoms with van der Waals surface area (Å²) in [6.07, 6.45) is -8.61. The molecule has 1 aromatic rings. The fraction of sp³-hybridized carbons (Fsp3) is 0.286. The van der Waals surface area contributed by atoms with Crippen LogP contribution in [0.1, 0.15) is 17.6 Å². The van der Waals surface area contributed by atoms with E-state index in [2.05, 4.69) is 4.98 Å². The predicted molar refractivity (Wildman–Crippen MR) is 38.6 cm³/mol. The second kappa shape index (κ2) is 3.59. The summed E-state index contributed by atoms with van der Waals surface area (Å²) in [7, 11) is 0. The summed E-state index contributed by atoms with van der Waals surface area (Å²) in [5, 5.41) is 0. The van der Waals surface area contributed by atoms with Crippen molar-refractivity contribution in [3.05, 3.63) is 23.1 Å². The lowest BCUT2D eigenvalue weighted by Gasteiger charge is -2.14. The number of aromatic nitrogens is 1. The number of nitrogen functional groups attached to an aromatic ring is 1. The lowest BCUT2D eigenvalue weighted by molar-refractivity contribution is -0.142. The number of rotatable bonds is 1. The Morgan fingerprint density at radius 3 is 2.13 bits per heavy atom. The van der Waals surface area contributed by atoms with Gasteiger partial charge in [0.2, 0.25) is 0 Å². The minimum Gasteiger partial charge on any atom is -0.383 e. The lowest BCUT2D eigenvalue weighted by Crippen LogP contribution is -2.15. The molecule has 0 aromatic carbocycles. The highest BCUT2D eigenvalue weighted by atomic mass is 19.4. The van der Waals surface area contributed by atoms with Crippen molar-refractivity contribution in [2.24, 2.45) is 0 Å². The largest absolute Gasteiger partial charge is 0.419 e. The van der Waals surface area contributed by atoms with Gasteiger partial charge in [-0.2, -0.15) is 13.2 Å². The maximum Gasteiger partial charge on any atom is 0.419 e. The van der Waals surface area contributed by atoms with Gasteiger partial charge in [0, 0.05) is 0 Å². The Balaban J connectivity index is 3.53. The van der Waals surface area contributed by atoms with Crippen LogP contribution in [0.2, 0.25) is 0 Å². The molecule has 0 amide bonds. The van der Waals surface area contributed by atoms with Crippen LogP contribution >= 0.6 is 0 Å². The Hall–Kier alpha value is -1.47. The van der Waals surface area contributed by atoms with E-state index in [9.17, 15) is 26.3 Å². The molecule has 1 rings (SSSR count). The summed E-state index contributed by atoms with van der Waals surface area (Å²) in [5.74, 6) is -2.90. The van der Waals surface area contributed by atoms with Crippen molar-refractivity contribution in [2.45, 2.75) is 12.6 Å². The fourth-order valence-electron chi connectivity index (χ4n) is 1.03. The Labute approximate surface area is 79.7 Å². The molecule has 0 unspecified atom stereocenters. The summed E-state index contributed by atoms with van der Waals surface area (Å²) in [4.78, 5) is 2.90. The molecule has 2 nitrogen and oxygen atoms in total. The van der Waals surface area contributed by atoms with Crippen molar-refractivity contribution in [2.75, 3.05) is 5.73 Å². The molecule has 1 aromatic heterocycles. The van der Waals surface area contributed by atoms with Gasteiger partial charge in [-0.25, -0.2) is 18.2 Å². The van der Waals surface area contributed by atoms with E-state index in [4.69, 9.17) is 5.73 Å². The first-order chi connectivity index (χ1) is 6.75. The van der Waals surface area contributed by atoms with Crippen LogP contribution in [0.4, 0.5) is 32.2 Å². The summed E-state index contributed by atoms with van der Waals surface area (Å²) in [5.41, 5.74) is 1.14. The van der Waals surface area contributed by atoms with Gasteiger partial charge in [0.05, 0.1) is 11.8 Å². The maximum atomic E-state index is 12.7. The third kappa shape index (κ3) is 2.13. The molecule has 15 heavy (non-hydrogen) atoms. The van der Waals surface area contributed by atoms with E-state index in [0.29, 0.717) is 0 Å². The third-order valence-electron chi connectivity index (χ3n) is 1.60. The molecule has 1 heterocycles. The molecule has 0 aliphatic rings. The molecule has 0 saturated heterocycles. The Bertz CT molecular complexity index is 372. The van der Waals surface area contributed by atoms with Gasteiger partial charge in [-0.1, -0.05) is 0 Å². The summed E-state index contributed by atoms with van der Waals surface area (Å²) in [6.45, 7) is 0. The summed E-state index contributed by atoms with van der Waals surface area (Å²) in [6, 6.07) is 0. The Morgan fingerprint density at radius 2 is 1.80 bits per heavy atom. The second-order valence-corrected chi connectivity index (χ2v) is 2.58. The van der Waals surface area contributed by atoms with Crippen LogP contribution in [0.3, 0.4) is 0 Å². The molecule has 0 aliphatic heterocycles. The molecule has 0 fully saturated rings. The van der Waals surface area contributed by atoms with E-state index >= 15 is 0 Å². The monoisotopic (exact) mass is 230 g/mol. The molecule has 0 aliphatic carbocycles. The third-order valence-corrected chi connectivity index (χ3v) is 1.60. The van der Waals surface area contributed by atoms with Crippen molar-refractivity contribution in [1.82, 2.24) is 4.98 Å². The van der Waals surface area contributed by atoms with Gasteiger partial charge < -0.3 is 5.73 Å². The van der Waals surface area contributed by atoms with Crippen molar-refractivity contribution >= 4 is 5.82 Å². The lowest BCUT2D eigenvalue weighted by atomic mass is 10.1. The first-order valence-corrected chi connectivity index (χ1v) is 3.54. The van der Waals surface area contributed by atoms with Crippen LogP contribution in [0.5, 0.6) is 0 Å². The highest BCUT2D eigenvalue weighted by Crippen LogP contribution is 2.39. The van der Waals surface area contributed by atoms with Crippen molar-refractivity contribution in [3.8, 4) is 0 Å². The minimum atomic E-state index is -5.23. The van der Waals surface area contributed by atoms with E-state index in [1.165, 1.54) is 0 Å². The smallest absolute Gasteiger partial charge is 0.383 e. The maximum absolute atomic E-state index is 12.7. The zero-order chi connectivity index (χ0) is 11.8. The quantitative estimate of drug-likeness (QED) is 0.753. The van der Waals surface area contributed by atoms with Crippen LogP contribution in [0, 0.1) is 5.82 Å². The summed E-state index contributed by atoms with van der Waals surface area (Å²) < 4.78 is 73.7. The molecule has 8 heteroatoms. The van der Waals surface area contributed by atoms with Crippen molar-refractivity contribution < 1.29 is 26.3 Å². The van der Waals surface area contributed by atoms with Gasteiger partial charge in [0.25, 0.3) is 6.43 Å². The van der Waals surface area contributed by atoms with Crippen LogP contribution in [0.25, 0.3) is 0 Å². The number of alkyl halides is 5. The number of nitrogens with two attached hydrogens (primary N) is 1. The number of pyridine rings is 1. The van der Waals surface area contributed by atoms with Gasteiger partial charge in [-0.15, -0.1) is 0 Å². The van der Waals surface area contributed by atoms with Crippen molar-refractivity contribution in [3.63, 3.8) is 0 Å². The molecule has 0 bridgehead atoms. The second-order valence-electron chi connectivity index (χ2n) is 2.58. The SMILES string of the molecule is Nc1ncc(F)c(C(F)(F)F)c1C(F)F. The average Bonchev–Trinajstić information content (AvgIpc) is 2.05. The van der Waals surface area contributed by atoms with Crippen molar-refractivity contribution in [1.29, 1.82) is 0 Å². The minimum absolute atomic E-state index is 0.157. The number of nitrogens with zero attached hydrogens (tertiary/aromatic N) is 1. The van der Waals surface area contributed by atoms with Gasteiger partial charge in [0.15, 0.2) is 5.82 Å². The standard InChI is InChI=1S/C7H4F6N2/c8-2-1-15-6(14)3(5(9)10)4(2)7(11,12)13/h1,5H,(H2,14,15). The molecule has 0 saturated carbocycles. The highest BCUT2D eigenvalue weighted by Gasteiger charge is 2.40. The molecule has 0 spiro atoms. The first-order valence-electron chi connectivity index (χ1n) is 3.54. The fourth-order valence-corrected chi connectivity index (χ4v) is 1.03. The first kappa shape index (κ1) is 11.6. The predicted octanol–water partition coefficient (Wildman–Crippen LogP) is 2.76. The molecule has 2 N–H and O–H groups in total. The van der Waals surface area contributed by atoms with Gasteiger partial charge in [-0.3, -0.25) is 0 Å².